The minimum atomic E-state index is -0.450. The lowest BCUT2D eigenvalue weighted by molar-refractivity contribution is 0.617. The summed E-state index contributed by atoms with van der Waals surface area (Å²) in [6.07, 6.45) is 0. The maximum atomic E-state index is 12.7. The second-order valence-corrected chi connectivity index (χ2v) is 8.52. The van der Waals surface area contributed by atoms with Crippen molar-refractivity contribution in [3.8, 4) is 6.07 Å². The van der Waals surface area contributed by atoms with Gasteiger partial charge in [0, 0.05) is 4.90 Å². The lowest BCUT2D eigenvalue weighted by Gasteiger charge is -2.18. The van der Waals surface area contributed by atoms with Crippen molar-refractivity contribution in [2.24, 2.45) is 0 Å². The Morgan fingerprint density at radius 2 is 1.79 bits per heavy atom. The van der Waals surface area contributed by atoms with Gasteiger partial charge in [0.2, 0.25) is 0 Å². The topological polar surface area (TPSA) is 78.7 Å². The van der Waals surface area contributed by atoms with E-state index in [0.717, 1.165) is 21.6 Å². The van der Waals surface area contributed by atoms with Crippen LogP contribution in [0.25, 0.3) is 0 Å². The number of aryl methyl sites for hydroxylation is 2. The number of hydrogen-bond donors (Lipinski definition) is 1. The summed E-state index contributed by atoms with van der Waals surface area (Å²) in [5.74, 6) is -0.0514. The number of aromatic nitrogens is 2. The van der Waals surface area contributed by atoms with Gasteiger partial charge in [-0.05, 0) is 60.7 Å². The maximum absolute atomic E-state index is 12.7. The van der Waals surface area contributed by atoms with Gasteiger partial charge in [-0.15, -0.1) is 0 Å². The van der Waals surface area contributed by atoms with Gasteiger partial charge in [0.05, 0.1) is 28.8 Å². The highest BCUT2D eigenvalue weighted by Gasteiger charge is 2.19. The number of benzene rings is 2. The number of H-pyrrole nitrogens is 1. The van der Waals surface area contributed by atoms with Crippen LogP contribution in [-0.4, -0.2) is 9.55 Å². The molecule has 0 amide bonds. The molecular weight excluding hydrogens is 382 g/mol. The quantitative estimate of drug-likeness (QED) is 0.640. The SMILES string of the molecule is Cc1cc(C)cc(Sc2c(C(C)C)c(=O)[nH]c(=O)n2Cc2cccc(C#N)c2)c1. The predicted molar refractivity (Wildman–Crippen MR) is 116 cm³/mol. The Hall–Kier alpha value is -3.04. The second-order valence-electron chi connectivity index (χ2n) is 7.46. The third kappa shape index (κ3) is 4.69. The molecule has 1 aromatic heterocycles. The highest BCUT2D eigenvalue weighted by Crippen LogP contribution is 2.33. The van der Waals surface area contributed by atoms with E-state index >= 15 is 0 Å². The highest BCUT2D eigenvalue weighted by atomic mass is 32.2. The summed E-state index contributed by atoms with van der Waals surface area (Å²) in [5.41, 5.74) is 3.40. The van der Waals surface area contributed by atoms with Crippen LogP contribution in [0.4, 0.5) is 0 Å². The zero-order valence-corrected chi connectivity index (χ0v) is 17.8. The first-order valence-electron chi connectivity index (χ1n) is 9.40. The number of nitriles is 1. The van der Waals surface area contributed by atoms with Crippen LogP contribution in [0.1, 0.15) is 47.6 Å². The highest BCUT2D eigenvalue weighted by molar-refractivity contribution is 7.99. The summed E-state index contributed by atoms with van der Waals surface area (Å²) in [4.78, 5) is 28.8. The van der Waals surface area contributed by atoms with Gasteiger partial charge < -0.3 is 0 Å². The first-order chi connectivity index (χ1) is 13.8. The van der Waals surface area contributed by atoms with E-state index in [0.29, 0.717) is 16.2 Å². The molecule has 0 atom stereocenters. The Morgan fingerprint density at radius 3 is 2.41 bits per heavy atom. The second kappa shape index (κ2) is 8.54. The van der Waals surface area contributed by atoms with Crippen molar-refractivity contribution in [1.82, 2.24) is 9.55 Å². The minimum Gasteiger partial charge on any atom is -0.283 e. The van der Waals surface area contributed by atoms with Gasteiger partial charge in [0.15, 0.2) is 0 Å². The molecule has 5 nitrogen and oxygen atoms in total. The fourth-order valence-corrected chi connectivity index (χ4v) is 4.76. The fourth-order valence-electron chi connectivity index (χ4n) is 3.35. The molecule has 2 aromatic carbocycles. The van der Waals surface area contributed by atoms with Crippen molar-refractivity contribution >= 4 is 11.8 Å². The molecule has 0 saturated heterocycles. The third-order valence-corrected chi connectivity index (χ3v) is 5.67. The van der Waals surface area contributed by atoms with Gasteiger partial charge in [0.1, 0.15) is 0 Å². The molecule has 148 valence electrons. The molecular formula is C23H23N3O2S. The lowest BCUT2D eigenvalue weighted by atomic mass is 10.1. The number of hydrogen-bond acceptors (Lipinski definition) is 4. The van der Waals surface area contributed by atoms with Crippen LogP contribution >= 0.6 is 11.8 Å². The number of nitrogens with one attached hydrogen (secondary N) is 1. The van der Waals surface area contributed by atoms with Crippen LogP contribution < -0.4 is 11.2 Å². The van der Waals surface area contributed by atoms with E-state index in [1.165, 1.54) is 11.8 Å². The minimum absolute atomic E-state index is 0.0514. The Morgan fingerprint density at radius 1 is 1.10 bits per heavy atom. The van der Waals surface area contributed by atoms with Crippen molar-refractivity contribution in [3.63, 3.8) is 0 Å². The molecule has 3 aromatic rings. The maximum Gasteiger partial charge on any atom is 0.329 e. The van der Waals surface area contributed by atoms with E-state index in [2.05, 4.69) is 17.1 Å². The van der Waals surface area contributed by atoms with E-state index in [1.807, 2.05) is 45.9 Å². The molecule has 0 aliphatic heterocycles. The zero-order valence-electron chi connectivity index (χ0n) is 16.9. The largest absolute Gasteiger partial charge is 0.329 e. The van der Waals surface area contributed by atoms with Crippen LogP contribution in [0.3, 0.4) is 0 Å². The summed E-state index contributed by atoms with van der Waals surface area (Å²) < 4.78 is 1.59. The van der Waals surface area contributed by atoms with Crippen molar-refractivity contribution < 1.29 is 0 Å². The van der Waals surface area contributed by atoms with Crippen LogP contribution in [0.2, 0.25) is 0 Å². The third-order valence-electron chi connectivity index (χ3n) is 4.57. The van der Waals surface area contributed by atoms with E-state index < -0.39 is 5.69 Å². The standard InChI is InChI=1S/C23H23N3O2S/c1-14(2)20-21(27)25-23(28)26(13-18-7-5-6-17(11-18)12-24)22(20)29-19-9-15(3)8-16(4)10-19/h5-11,14H,13H2,1-4H3,(H,25,27,28). The van der Waals surface area contributed by atoms with Crippen molar-refractivity contribution in [2.45, 2.75) is 50.1 Å². The molecule has 0 fully saturated rings. The van der Waals surface area contributed by atoms with Crippen LogP contribution in [0.5, 0.6) is 0 Å². The molecule has 3 rings (SSSR count). The molecule has 0 saturated carbocycles. The Balaban J connectivity index is 2.19. The number of aromatic amines is 1. The van der Waals surface area contributed by atoms with Crippen molar-refractivity contribution in [1.29, 1.82) is 5.26 Å². The summed E-state index contributed by atoms with van der Waals surface area (Å²) in [6, 6.07) is 15.5. The molecule has 0 bridgehead atoms. The number of rotatable bonds is 5. The molecule has 0 radical (unpaired) electrons. The molecule has 0 aliphatic carbocycles. The van der Waals surface area contributed by atoms with Gasteiger partial charge >= 0.3 is 5.69 Å². The van der Waals surface area contributed by atoms with Gasteiger partial charge in [-0.25, -0.2) is 4.79 Å². The van der Waals surface area contributed by atoms with Gasteiger partial charge in [-0.3, -0.25) is 14.3 Å². The Kier molecular flexibility index (Phi) is 6.09. The molecule has 0 spiro atoms. The first kappa shape index (κ1) is 20.7. The molecule has 0 aliphatic rings. The Bertz CT molecular complexity index is 1200. The lowest BCUT2D eigenvalue weighted by Crippen LogP contribution is -2.34. The summed E-state index contributed by atoms with van der Waals surface area (Å²) in [5, 5.41) is 9.81. The normalized spacial score (nSPS) is 10.9. The van der Waals surface area contributed by atoms with Crippen molar-refractivity contribution in [2.75, 3.05) is 0 Å². The smallest absolute Gasteiger partial charge is 0.283 e. The average Bonchev–Trinajstić information content (AvgIpc) is 2.63. The average molecular weight is 406 g/mol. The van der Waals surface area contributed by atoms with E-state index in [1.54, 1.807) is 22.8 Å². The number of nitrogens with zero attached hydrogens (tertiary/aromatic N) is 2. The monoisotopic (exact) mass is 405 g/mol. The zero-order chi connectivity index (χ0) is 21.1. The van der Waals surface area contributed by atoms with Gasteiger partial charge in [-0.2, -0.15) is 5.26 Å². The van der Waals surface area contributed by atoms with Gasteiger partial charge in [-0.1, -0.05) is 43.8 Å². The molecule has 1 N–H and O–H groups in total. The van der Waals surface area contributed by atoms with Crippen LogP contribution in [0.15, 0.2) is 62.0 Å². The van der Waals surface area contributed by atoms with E-state index in [9.17, 15) is 9.59 Å². The molecule has 6 heteroatoms. The first-order valence-corrected chi connectivity index (χ1v) is 10.2. The molecule has 1 heterocycles. The summed E-state index contributed by atoms with van der Waals surface area (Å²) in [7, 11) is 0. The summed E-state index contributed by atoms with van der Waals surface area (Å²) >= 11 is 1.43. The van der Waals surface area contributed by atoms with E-state index in [-0.39, 0.29) is 18.0 Å². The Labute approximate surface area is 174 Å². The summed E-state index contributed by atoms with van der Waals surface area (Å²) in [6.45, 7) is 8.22. The predicted octanol–water partition coefficient (Wildman–Crippen LogP) is 4.35. The van der Waals surface area contributed by atoms with Gasteiger partial charge in [0.25, 0.3) is 5.56 Å². The van der Waals surface area contributed by atoms with Crippen molar-refractivity contribution in [3.05, 3.63) is 91.1 Å². The van der Waals surface area contributed by atoms with Crippen LogP contribution in [-0.2, 0) is 6.54 Å². The molecule has 0 unspecified atom stereocenters. The van der Waals surface area contributed by atoms with Crippen LogP contribution in [0, 0.1) is 25.2 Å². The molecule has 29 heavy (non-hydrogen) atoms. The van der Waals surface area contributed by atoms with E-state index in [4.69, 9.17) is 5.26 Å². The fraction of sp³-hybridized carbons (Fsp3) is 0.261.